The molecule has 3 heteroatoms. The Balaban J connectivity index is 1.49. The highest BCUT2D eigenvalue weighted by atomic mass is 16.5. The molecule has 0 spiro atoms. The molecule has 23 heavy (non-hydrogen) atoms. The second-order valence-corrected chi connectivity index (χ2v) is 5.80. The first-order chi connectivity index (χ1) is 11.3. The molecule has 2 aromatic carbocycles. The smallest absolute Gasteiger partial charge is 0.120 e. The first-order valence-electron chi connectivity index (χ1n) is 8.18. The van der Waals surface area contributed by atoms with Crippen LogP contribution in [0.4, 0.5) is 5.69 Å². The molecule has 0 N–H and O–H groups in total. The SMILES string of the molecule is COc1cccc(N2CCN(CC=Cc3ccccc3)CC2)c1. The molecule has 1 heterocycles. The van der Waals surface area contributed by atoms with Gasteiger partial charge in [0, 0.05) is 44.5 Å². The second kappa shape index (κ2) is 7.84. The lowest BCUT2D eigenvalue weighted by molar-refractivity contribution is 0.284. The van der Waals surface area contributed by atoms with Crippen molar-refractivity contribution in [3.63, 3.8) is 0 Å². The molecule has 0 radical (unpaired) electrons. The summed E-state index contributed by atoms with van der Waals surface area (Å²) in [6, 6.07) is 18.8. The number of ether oxygens (including phenoxy) is 1. The highest BCUT2D eigenvalue weighted by Gasteiger charge is 2.16. The molecule has 1 aliphatic rings. The average molecular weight is 308 g/mol. The molecule has 0 saturated carbocycles. The summed E-state index contributed by atoms with van der Waals surface area (Å²) in [5.41, 5.74) is 2.52. The fourth-order valence-corrected chi connectivity index (χ4v) is 2.90. The molecule has 3 nitrogen and oxygen atoms in total. The van der Waals surface area contributed by atoms with E-state index in [0.29, 0.717) is 0 Å². The summed E-state index contributed by atoms with van der Waals surface area (Å²) in [6.07, 6.45) is 4.46. The van der Waals surface area contributed by atoms with Gasteiger partial charge in [0.15, 0.2) is 0 Å². The zero-order chi connectivity index (χ0) is 15.9. The summed E-state index contributed by atoms with van der Waals surface area (Å²) < 4.78 is 5.32. The van der Waals surface area contributed by atoms with E-state index >= 15 is 0 Å². The summed E-state index contributed by atoms with van der Waals surface area (Å²) in [4.78, 5) is 4.93. The van der Waals surface area contributed by atoms with Crippen LogP contribution in [0.25, 0.3) is 6.08 Å². The molecule has 1 saturated heterocycles. The lowest BCUT2D eigenvalue weighted by Crippen LogP contribution is -2.46. The number of rotatable bonds is 5. The largest absolute Gasteiger partial charge is 0.497 e. The third kappa shape index (κ3) is 4.36. The van der Waals surface area contributed by atoms with Gasteiger partial charge in [-0.2, -0.15) is 0 Å². The van der Waals surface area contributed by atoms with Gasteiger partial charge in [-0.3, -0.25) is 4.90 Å². The maximum absolute atomic E-state index is 5.32. The van der Waals surface area contributed by atoms with Crippen molar-refractivity contribution in [1.29, 1.82) is 0 Å². The van der Waals surface area contributed by atoms with E-state index in [9.17, 15) is 0 Å². The molecule has 0 aromatic heterocycles. The van der Waals surface area contributed by atoms with E-state index in [2.05, 4.69) is 70.5 Å². The van der Waals surface area contributed by atoms with E-state index in [1.165, 1.54) is 11.3 Å². The molecule has 0 bridgehead atoms. The highest BCUT2D eigenvalue weighted by molar-refractivity contribution is 5.51. The van der Waals surface area contributed by atoms with Crippen LogP contribution in [0, 0.1) is 0 Å². The van der Waals surface area contributed by atoms with Crippen molar-refractivity contribution in [3.8, 4) is 5.75 Å². The second-order valence-electron chi connectivity index (χ2n) is 5.80. The topological polar surface area (TPSA) is 15.7 Å². The quantitative estimate of drug-likeness (QED) is 0.840. The van der Waals surface area contributed by atoms with E-state index < -0.39 is 0 Å². The Hall–Kier alpha value is -2.26. The molecular weight excluding hydrogens is 284 g/mol. The van der Waals surface area contributed by atoms with Gasteiger partial charge in [-0.25, -0.2) is 0 Å². The van der Waals surface area contributed by atoms with Gasteiger partial charge in [-0.05, 0) is 17.7 Å². The number of methoxy groups -OCH3 is 1. The van der Waals surface area contributed by atoms with Crippen molar-refractivity contribution in [1.82, 2.24) is 4.90 Å². The normalized spacial score (nSPS) is 16.0. The first kappa shape index (κ1) is 15.6. The van der Waals surface area contributed by atoms with Crippen LogP contribution in [-0.2, 0) is 0 Å². The number of hydrogen-bond acceptors (Lipinski definition) is 3. The van der Waals surface area contributed by atoms with Crippen molar-refractivity contribution < 1.29 is 4.74 Å². The molecule has 1 aliphatic heterocycles. The van der Waals surface area contributed by atoms with Crippen LogP contribution in [0.3, 0.4) is 0 Å². The summed E-state index contributed by atoms with van der Waals surface area (Å²) in [5, 5.41) is 0. The van der Waals surface area contributed by atoms with Gasteiger partial charge in [-0.1, -0.05) is 48.6 Å². The van der Waals surface area contributed by atoms with Gasteiger partial charge in [-0.15, -0.1) is 0 Å². The third-order valence-corrected chi connectivity index (χ3v) is 4.26. The van der Waals surface area contributed by atoms with Gasteiger partial charge in [0.2, 0.25) is 0 Å². The van der Waals surface area contributed by atoms with Gasteiger partial charge >= 0.3 is 0 Å². The molecular formula is C20H24N2O. The number of anilines is 1. The van der Waals surface area contributed by atoms with Crippen LogP contribution in [0.2, 0.25) is 0 Å². The Kier molecular flexibility index (Phi) is 5.33. The number of nitrogens with zero attached hydrogens (tertiary/aromatic N) is 2. The predicted octanol–water partition coefficient (Wildman–Crippen LogP) is 3.53. The highest BCUT2D eigenvalue weighted by Crippen LogP contribution is 2.22. The van der Waals surface area contributed by atoms with E-state index in [1.54, 1.807) is 7.11 Å². The minimum atomic E-state index is 0.927. The monoisotopic (exact) mass is 308 g/mol. The lowest BCUT2D eigenvalue weighted by atomic mass is 10.2. The fourth-order valence-electron chi connectivity index (χ4n) is 2.90. The van der Waals surface area contributed by atoms with Crippen molar-refractivity contribution in [2.24, 2.45) is 0 Å². The Morgan fingerprint density at radius 3 is 2.48 bits per heavy atom. The third-order valence-electron chi connectivity index (χ3n) is 4.26. The Morgan fingerprint density at radius 2 is 1.74 bits per heavy atom. The van der Waals surface area contributed by atoms with E-state index in [1.807, 2.05) is 6.07 Å². The van der Waals surface area contributed by atoms with Crippen molar-refractivity contribution in [2.75, 3.05) is 44.7 Å². The van der Waals surface area contributed by atoms with Crippen LogP contribution in [0.15, 0.2) is 60.7 Å². The maximum atomic E-state index is 5.32. The predicted molar refractivity (Wildman–Crippen MR) is 97.1 cm³/mol. The van der Waals surface area contributed by atoms with Crippen molar-refractivity contribution in [2.45, 2.75) is 0 Å². The number of piperazine rings is 1. The summed E-state index contributed by atoms with van der Waals surface area (Å²) in [6.45, 7) is 5.33. The van der Waals surface area contributed by atoms with Crippen LogP contribution in [0.1, 0.15) is 5.56 Å². The molecule has 1 fully saturated rings. The molecule has 120 valence electrons. The lowest BCUT2D eigenvalue weighted by Gasteiger charge is -2.35. The minimum Gasteiger partial charge on any atom is -0.497 e. The maximum Gasteiger partial charge on any atom is 0.120 e. The van der Waals surface area contributed by atoms with Gasteiger partial charge in [0.25, 0.3) is 0 Å². The molecule has 0 unspecified atom stereocenters. The standard InChI is InChI=1S/C20H24N2O/c1-23-20-11-5-10-19(17-20)22-15-13-21(14-16-22)12-6-9-18-7-3-2-4-8-18/h2-11,17H,12-16H2,1H3. The average Bonchev–Trinajstić information content (AvgIpc) is 2.63. The minimum absolute atomic E-state index is 0.927. The van der Waals surface area contributed by atoms with Crippen LogP contribution in [-0.4, -0.2) is 44.7 Å². The summed E-state index contributed by atoms with van der Waals surface area (Å²) >= 11 is 0. The van der Waals surface area contributed by atoms with Gasteiger partial charge in [0.1, 0.15) is 5.75 Å². The zero-order valence-corrected chi connectivity index (χ0v) is 13.7. The first-order valence-corrected chi connectivity index (χ1v) is 8.18. The number of hydrogen-bond donors (Lipinski definition) is 0. The summed E-state index contributed by atoms with van der Waals surface area (Å²) in [5.74, 6) is 0.927. The van der Waals surface area contributed by atoms with Crippen molar-refractivity contribution >= 4 is 11.8 Å². The van der Waals surface area contributed by atoms with E-state index in [-0.39, 0.29) is 0 Å². The van der Waals surface area contributed by atoms with Crippen molar-refractivity contribution in [3.05, 3.63) is 66.2 Å². The van der Waals surface area contributed by atoms with E-state index in [4.69, 9.17) is 4.74 Å². The number of benzene rings is 2. The molecule has 3 rings (SSSR count). The molecule has 0 atom stereocenters. The van der Waals surface area contributed by atoms with Gasteiger partial charge < -0.3 is 9.64 Å². The molecule has 2 aromatic rings. The fraction of sp³-hybridized carbons (Fsp3) is 0.300. The zero-order valence-electron chi connectivity index (χ0n) is 13.7. The van der Waals surface area contributed by atoms with E-state index in [0.717, 1.165) is 38.5 Å². The Bertz CT molecular complexity index is 631. The summed E-state index contributed by atoms with van der Waals surface area (Å²) in [7, 11) is 1.72. The molecule has 0 amide bonds. The van der Waals surface area contributed by atoms with Crippen LogP contribution in [0.5, 0.6) is 5.75 Å². The van der Waals surface area contributed by atoms with Crippen LogP contribution < -0.4 is 9.64 Å². The molecule has 0 aliphatic carbocycles. The van der Waals surface area contributed by atoms with Gasteiger partial charge in [0.05, 0.1) is 7.11 Å². The Morgan fingerprint density at radius 1 is 0.957 bits per heavy atom. The van der Waals surface area contributed by atoms with Crippen LogP contribution >= 0.6 is 0 Å². The Labute approximate surface area is 138 Å².